The standard InChI is InChI=1S/C36H37N3O8/c1-38(2)28(41)17-16-23-10-9-11-24(20-23)22-39-31-33(42)44-27-21-35(31,34(43)37-18-19-40)32(47-39)30-29(27)45-36(46-30,25-12-5-3-6-13-25)26-14-7-4-8-15-26/h3-17,20,27,29-32,40H,18-19,21-22H2,1-2H3,(H,37,43)/t27-,29-,30-,31-,32+,35-/m0/s1. The van der Waals surface area contributed by atoms with Crippen LogP contribution >= 0.6 is 0 Å². The smallest absolute Gasteiger partial charge is 0.327 e. The zero-order valence-corrected chi connectivity index (χ0v) is 26.2. The Bertz CT molecular complexity index is 1640. The van der Waals surface area contributed by atoms with E-state index in [4.69, 9.17) is 19.0 Å². The number of ether oxygens (including phenoxy) is 3. The molecular formula is C36H37N3O8. The summed E-state index contributed by atoms with van der Waals surface area (Å²) in [5, 5.41) is 13.9. The zero-order valence-electron chi connectivity index (χ0n) is 26.2. The highest BCUT2D eigenvalue weighted by Crippen LogP contribution is 2.59. The number of benzene rings is 3. The molecule has 0 unspecified atom stereocenters. The SMILES string of the molecule is CN(C)C(=O)C=Cc1cccc(CN2O[C@@H]3[C@H]4OC(c5ccccc5)(c5ccccc5)O[C@H]4[C@@H]4C[C@]3(C(=O)NCCO)[C@@H]2C(=O)O4)c1. The van der Waals surface area contributed by atoms with E-state index in [0.29, 0.717) is 0 Å². The lowest BCUT2D eigenvalue weighted by Crippen LogP contribution is -2.69. The van der Waals surface area contributed by atoms with Crippen LogP contribution in [-0.2, 0) is 45.8 Å². The van der Waals surface area contributed by atoms with Gasteiger partial charge in [-0.15, -0.1) is 0 Å². The van der Waals surface area contributed by atoms with Crippen molar-refractivity contribution in [2.75, 3.05) is 27.2 Å². The fraction of sp³-hybridized carbons (Fsp3) is 0.361. The highest BCUT2D eigenvalue weighted by Gasteiger charge is 2.76. The minimum absolute atomic E-state index is 0.0171. The second-order valence-electron chi connectivity index (χ2n) is 12.5. The van der Waals surface area contributed by atoms with Crippen molar-refractivity contribution in [3.63, 3.8) is 0 Å². The van der Waals surface area contributed by atoms with E-state index in [0.717, 1.165) is 22.3 Å². The number of hydrogen-bond acceptors (Lipinski definition) is 9. The Kier molecular flexibility index (Phi) is 8.19. The maximum Gasteiger partial charge on any atom is 0.327 e. The van der Waals surface area contributed by atoms with Gasteiger partial charge in [0.05, 0.1) is 13.2 Å². The molecule has 3 saturated heterocycles. The number of esters is 1. The van der Waals surface area contributed by atoms with Crippen LogP contribution in [0.1, 0.15) is 28.7 Å². The van der Waals surface area contributed by atoms with Gasteiger partial charge in [0, 0.05) is 44.3 Å². The number of amides is 2. The van der Waals surface area contributed by atoms with Crippen molar-refractivity contribution in [2.45, 2.75) is 49.2 Å². The first-order valence-electron chi connectivity index (χ1n) is 15.7. The minimum Gasteiger partial charge on any atom is -0.458 e. The maximum absolute atomic E-state index is 14.2. The molecule has 0 spiro atoms. The quantitative estimate of drug-likeness (QED) is 0.268. The second-order valence-corrected chi connectivity index (χ2v) is 12.5. The van der Waals surface area contributed by atoms with Gasteiger partial charge < -0.3 is 29.5 Å². The molecule has 2 bridgehead atoms. The lowest BCUT2D eigenvalue weighted by Gasteiger charge is -2.48. The van der Waals surface area contributed by atoms with Crippen molar-refractivity contribution >= 4 is 23.9 Å². The molecule has 0 radical (unpaired) electrons. The molecule has 47 heavy (non-hydrogen) atoms. The molecule has 4 aliphatic rings. The van der Waals surface area contributed by atoms with Crippen LogP contribution in [0.4, 0.5) is 0 Å². The Balaban J connectivity index is 1.27. The first-order chi connectivity index (χ1) is 22.8. The average molecular weight is 640 g/mol. The van der Waals surface area contributed by atoms with Crippen LogP contribution in [0, 0.1) is 5.41 Å². The lowest BCUT2D eigenvalue weighted by molar-refractivity contribution is -0.213. The number of nitrogens with one attached hydrogen (secondary N) is 1. The molecule has 2 amide bonds. The van der Waals surface area contributed by atoms with Gasteiger partial charge in [-0.25, -0.2) is 0 Å². The summed E-state index contributed by atoms with van der Waals surface area (Å²) in [6.07, 6.45) is 0.161. The number of carbonyl (C=O) groups excluding carboxylic acids is 3. The fourth-order valence-electron chi connectivity index (χ4n) is 7.31. The van der Waals surface area contributed by atoms with Crippen LogP contribution in [-0.4, -0.2) is 90.6 Å². The lowest BCUT2D eigenvalue weighted by atomic mass is 9.62. The molecule has 1 saturated carbocycles. The van der Waals surface area contributed by atoms with Gasteiger partial charge in [-0.3, -0.25) is 19.2 Å². The van der Waals surface area contributed by atoms with E-state index in [1.165, 1.54) is 16.0 Å². The molecule has 3 aliphatic heterocycles. The Labute approximate surface area is 272 Å². The van der Waals surface area contributed by atoms with Gasteiger partial charge in [-0.2, -0.15) is 5.06 Å². The third-order valence-corrected chi connectivity index (χ3v) is 9.43. The molecule has 11 nitrogen and oxygen atoms in total. The number of rotatable bonds is 9. The predicted molar refractivity (Wildman–Crippen MR) is 169 cm³/mol. The number of aliphatic hydroxyl groups excluding tert-OH is 1. The monoisotopic (exact) mass is 639 g/mol. The van der Waals surface area contributed by atoms with E-state index in [1.54, 1.807) is 20.2 Å². The van der Waals surface area contributed by atoms with Crippen LogP contribution in [0.25, 0.3) is 6.08 Å². The summed E-state index contributed by atoms with van der Waals surface area (Å²) in [5.41, 5.74) is 1.72. The summed E-state index contributed by atoms with van der Waals surface area (Å²) >= 11 is 0. The second kappa shape index (κ2) is 12.3. The van der Waals surface area contributed by atoms with Crippen LogP contribution in [0.5, 0.6) is 0 Å². The number of likely N-dealkylation sites (N-methyl/N-ethyl adjacent to an activating group) is 1. The highest BCUT2D eigenvalue weighted by molar-refractivity contribution is 5.94. The van der Waals surface area contributed by atoms with Gasteiger partial charge in [-0.1, -0.05) is 84.9 Å². The molecule has 0 aromatic heterocycles. The maximum atomic E-state index is 14.2. The summed E-state index contributed by atoms with van der Waals surface area (Å²) in [6, 6.07) is 25.6. The number of hydrogen-bond donors (Lipinski definition) is 2. The topological polar surface area (TPSA) is 127 Å². The molecule has 3 aromatic carbocycles. The molecule has 3 heterocycles. The Morgan fingerprint density at radius 2 is 1.66 bits per heavy atom. The molecule has 6 atom stereocenters. The minimum atomic E-state index is -1.38. The number of fused-ring (bicyclic) bond motifs is 4. The third-order valence-electron chi connectivity index (χ3n) is 9.43. The molecule has 7 rings (SSSR count). The van der Waals surface area contributed by atoms with Crippen LogP contribution in [0.3, 0.4) is 0 Å². The first kappa shape index (κ1) is 31.2. The van der Waals surface area contributed by atoms with Crippen LogP contribution in [0.2, 0.25) is 0 Å². The molecular weight excluding hydrogens is 602 g/mol. The molecule has 244 valence electrons. The summed E-state index contributed by atoms with van der Waals surface area (Å²) < 4.78 is 19.9. The molecule has 1 aliphatic carbocycles. The Morgan fingerprint density at radius 3 is 2.32 bits per heavy atom. The van der Waals surface area contributed by atoms with E-state index >= 15 is 0 Å². The molecule has 2 N–H and O–H groups in total. The van der Waals surface area contributed by atoms with Crippen LogP contribution < -0.4 is 5.32 Å². The van der Waals surface area contributed by atoms with E-state index < -0.39 is 53.5 Å². The van der Waals surface area contributed by atoms with Crippen molar-refractivity contribution in [2.24, 2.45) is 5.41 Å². The zero-order chi connectivity index (χ0) is 32.8. The van der Waals surface area contributed by atoms with E-state index in [2.05, 4.69) is 5.32 Å². The summed E-state index contributed by atoms with van der Waals surface area (Å²) in [6.45, 7) is -0.0910. The predicted octanol–water partition coefficient (Wildman–Crippen LogP) is 2.38. The number of carbonyl (C=O) groups is 3. The van der Waals surface area contributed by atoms with Gasteiger partial charge in [0.1, 0.15) is 29.8 Å². The first-order valence-corrected chi connectivity index (χ1v) is 15.7. The van der Waals surface area contributed by atoms with Gasteiger partial charge in [0.15, 0.2) is 6.04 Å². The third kappa shape index (κ3) is 5.24. The molecule has 3 aromatic rings. The van der Waals surface area contributed by atoms with Crippen molar-refractivity contribution in [3.8, 4) is 0 Å². The van der Waals surface area contributed by atoms with Crippen molar-refractivity contribution in [1.29, 1.82) is 0 Å². The summed E-state index contributed by atoms with van der Waals surface area (Å²) in [4.78, 5) is 48.3. The summed E-state index contributed by atoms with van der Waals surface area (Å²) in [5.74, 6) is -2.49. The largest absolute Gasteiger partial charge is 0.458 e. The Morgan fingerprint density at radius 1 is 0.979 bits per heavy atom. The molecule has 11 heteroatoms. The van der Waals surface area contributed by atoms with Crippen LogP contribution in [0.15, 0.2) is 91.0 Å². The van der Waals surface area contributed by atoms with E-state index in [-0.39, 0.29) is 32.0 Å². The molecule has 4 fully saturated rings. The van der Waals surface area contributed by atoms with Crippen molar-refractivity contribution in [3.05, 3.63) is 113 Å². The van der Waals surface area contributed by atoms with Gasteiger partial charge in [0.25, 0.3) is 0 Å². The van der Waals surface area contributed by atoms with Crippen molar-refractivity contribution < 1.29 is 38.5 Å². The van der Waals surface area contributed by atoms with Crippen molar-refractivity contribution in [1.82, 2.24) is 15.3 Å². The van der Waals surface area contributed by atoms with Gasteiger partial charge in [-0.05, 0) is 17.2 Å². The van der Waals surface area contributed by atoms with E-state index in [9.17, 15) is 19.5 Å². The van der Waals surface area contributed by atoms with Gasteiger partial charge in [0.2, 0.25) is 17.6 Å². The Hall–Kier alpha value is -4.39. The highest BCUT2D eigenvalue weighted by atomic mass is 16.8. The van der Waals surface area contributed by atoms with Gasteiger partial charge >= 0.3 is 5.97 Å². The normalized spacial score (nSPS) is 28.9. The number of aliphatic hydroxyl groups is 1. The average Bonchev–Trinajstić information content (AvgIpc) is 3.67. The number of nitrogens with zero attached hydrogens (tertiary/aromatic N) is 2. The summed E-state index contributed by atoms with van der Waals surface area (Å²) in [7, 11) is 3.36. The fourth-order valence-corrected chi connectivity index (χ4v) is 7.31. The number of hydroxylamine groups is 2. The van der Waals surface area contributed by atoms with E-state index in [1.807, 2.05) is 84.9 Å².